The van der Waals surface area contributed by atoms with Crippen molar-refractivity contribution in [2.24, 2.45) is 0 Å². The Balaban J connectivity index is 1.82. The molecule has 108 valence electrons. The van der Waals surface area contributed by atoms with Crippen molar-refractivity contribution in [2.75, 3.05) is 13.6 Å². The topological polar surface area (TPSA) is 36.6 Å². The van der Waals surface area contributed by atoms with Gasteiger partial charge in [-0.15, -0.1) is 0 Å². The van der Waals surface area contributed by atoms with Crippen LogP contribution in [0.5, 0.6) is 0 Å². The van der Waals surface area contributed by atoms with Crippen molar-refractivity contribution in [3.8, 4) is 0 Å². The van der Waals surface area contributed by atoms with Crippen LogP contribution in [0.2, 0.25) is 5.02 Å². The van der Waals surface area contributed by atoms with Gasteiger partial charge in [-0.05, 0) is 44.2 Å². The molecule has 1 heterocycles. The lowest BCUT2D eigenvalue weighted by Gasteiger charge is -2.18. The number of aryl methyl sites for hydroxylation is 1. The molecule has 3 nitrogen and oxygen atoms in total. The van der Waals surface area contributed by atoms with Crippen LogP contribution in [-0.2, 0) is 6.54 Å². The molecule has 20 heavy (non-hydrogen) atoms. The van der Waals surface area contributed by atoms with E-state index in [0.29, 0.717) is 11.4 Å². The minimum atomic E-state index is -0.458. The molecule has 0 aliphatic heterocycles. The summed E-state index contributed by atoms with van der Waals surface area (Å²) in [6.45, 7) is 3.61. The molecule has 4 heteroatoms. The SMILES string of the molecule is Cc1occc1CN(C)CCC(O)c1ccc(Cl)cc1. The van der Waals surface area contributed by atoms with Crippen LogP contribution in [0.15, 0.2) is 41.0 Å². The van der Waals surface area contributed by atoms with Crippen LogP contribution < -0.4 is 0 Å². The van der Waals surface area contributed by atoms with Crippen LogP contribution >= 0.6 is 11.6 Å². The maximum atomic E-state index is 10.2. The number of aliphatic hydroxyl groups excluding tert-OH is 1. The van der Waals surface area contributed by atoms with E-state index in [2.05, 4.69) is 4.90 Å². The van der Waals surface area contributed by atoms with Gasteiger partial charge in [0.05, 0.1) is 12.4 Å². The van der Waals surface area contributed by atoms with Crippen LogP contribution in [-0.4, -0.2) is 23.6 Å². The molecule has 0 aliphatic rings. The third-order valence-corrected chi connectivity index (χ3v) is 3.70. The second-order valence-electron chi connectivity index (χ2n) is 5.10. The predicted octanol–water partition coefficient (Wildman–Crippen LogP) is 3.80. The van der Waals surface area contributed by atoms with Crippen molar-refractivity contribution in [3.05, 3.63) is 58.5 Å². The summed E-state index contributed by atoms with van der Waals surface area (Å²) in [7, 11) is 2.04. The quantitative estimate of drug-likeness (QED) is 0.880. The molecule has 0 radical (unpaired) electrons. The average molecular weight is 294 g/mol. The van der Waals surface area contributed by atoms with E-state index in [1.165, 1.54) is 5.56 Å². The van der Waals surface area contributed by atoms with E-state index in [0.717, 1.165) is 24.4 Å². The van der Waals surface area contributed by atoms with Crippen molar-refractivity contribution in [3.63, 3.8) is 0 Å². The summed E-state index contributed by atoms with van der Waals surface area (Å²) in [5, 5.41) is 10.8. The number of aliphatic hydroxyl groups is 1. The van der Waals surface area contributed by atoms with Crippen molar-refractivity contribution >= 4 is 11.6 Å². The van der Waals surface area contributed by atoms with E-state index in [4.69, 9.17) is 16.0 Å². The standard InChI is InChI=1S/C16H20ClNO2/c1-12-14(8-10-20-12)11-18(2)9-7-16(19)13-3-5-15(17)6-4-13/h3-6,8,10,16,19H,7,9,11H2,1-2H3. The van der Waals surface area contributed by atoms with E-state index in [1.54, 1.807) is 18.4 Å². The highest BCUT2D eigenvalue weighted by Gasteiger charge is 2.10. The molecule has 0 amide bonds. The van der Waals surface area contributed by atoms with Crippen LogP contribution in [0, 0.1) is 6.92 Å². The number of rotatable bonds is 6. The Bertz CT molecular complexity index is 536. The molecular weight excluding hydrogens is 274 g/mol. The van der Waals surface area contributed by atoms with Gasteiger partial charge in [0.25, 0.3) is 0 Å². The zero-order chi connectivity index (χ0) is 14.5. The van der Waals surface area contributed by atoms with Crippen LogP contribution in [0.3, 0.4) is 0 Å². The predicted molar refractivity (Wildman–Crippen MR) is 80.8 cm³/mol. The highest BCUT2D eigenvalue weighted by atomic mass is 35.5. The summed E-state index contributed by atoms with van der Waals surface area (Å²) in [6, 6.07) is 9.33. The summed E-state index contributed by atoms with van der Waals surface area (Å²) in [5.74, 6) is 0.954. The maximum absolute atomic E-state index is 10.2. The van der Waals surface area contributed by atoms with Crippen molar-refractivity contribution in [1.82, 2.24) is 4.90 Å². The summed E-state index contributed by atoms with van der Waals surface area (Å²) in [6.07, 6.45) is 1.94. The summed E-state index contributed by atoms with van der Waals surface area (Å²) >= 11 is 5.84. The second-order valence-corrected chi connectivity index (χ2v) is 5.53. The first-order valence-electron chi connectivity index (χ1n) is 6.71. The van der Waals surface area contributed by atoms with E-state index in [1.807, 2.05) is 32.2 Å². The highest BCUT2D eigenvalue weighted by molar-refractivity contribution is 6.30. The van der Waals surface area contributed by atoms with Crippen molar-refractivity contribution in [1.29, 1.82) is 0 Å². The molecular formula is C16H20ClNO2. The second kappa shape index (κ2) is 6.93. The molecule has 0 saturated carbocycles. The van der Waals surface area contributed by atoms with Gasteiger partial charge in [-0.25, -0.2) is 0 Å². The molecule has 2 rings (SSSR count). The van der Waals surface area contributed by atoms with Gasteiger partial charge in [-0.2, -0.15) is 0 Å². The first-order valence-corrected chi connectivity index (χ1v) is 7.09. The number of benzene rings is 1. The molecule has 1 unspecified atom stereocenters. The van der Waals surface area contributed by atoms with Gasteiger partial charge in [-0.3, -0.25) is 0 Å². The van der Waals surface area contributed by atoms with Gasteiger partial charge in [-0.1, -0.05) is 23.7 Å². The molecule has 1 aromatic carbocycles. The van der Waals surface area contributed by atoms with E-state index < -0.39 is 6.10 Å². The Hall–Kier alpha value is -1.29. The highest BCUT2D eigenvalue weighted by Crippen LogP contribution is 2.20. The van der Waals surface area contributed by atoms with Gasteiger partial charge < -0.3 is 14.4 Å². The monoisotopic (exact) mass is 293 g/mol. The number of furan rings is 1. The lowest BCUT2D eigenvalue weighted by atomic mass is 10.1. The minimum Gasteiger partial charge on any atom is -0.469 e. The Morgan fingerprint density at radius 3 is 2.55 bits per heavy atom. The van der Waals surface area contributed by atoms with Gasteiger partial charge in [0.15, 0.2) is 0 Å². The summed E-state index contributed by atoms with van der Waals surface area (Å²) in [5.41, 5.74) is 2.09. The molecule has 1 N–H and O–H groups in total. The van der Waals surface area contributed by atoms with E-state index >= 15 is 0 Å². The first-order chi connectivity index (χ1) is 9.56. The van der Waals surface area contributed by atoms with Crippen LogP contribution in [0.4, 0.5) is 0 Å². The van der Waals surface area contributed by atoms with Gasteiger partial charge in [0.2, 0.25) is 0 Å². The third kappa shape index (κ3) is 4.10. The molecule has 1 atom stereocenters. The smallest absolute Gasteiger partial charge is 0.105 e. The molecule has 0 fully saturated rings. The molecule has 2 aromatic rings. The zero-order valence-corrected chi connectivity index (χ0v) is 12.6. The average Bonchev–Trinajstić information content (AvgIpc) is 2.82. The van der Waals surface area contributed by atoms with E-state index in [9.17, 15) is 5.11 Å². The Morgan fingerprint density at radius 2 is 1.95 bits per heavy atom. The Morgan fingerprint density at radius 1 is 1.25 bits per heavy atom. The molecule has 0 aliphatic carbocycles. The maximum Gasteiger partial charge on any atom is 0.105 e. The van der Waals surface area contributed by atoms with E-state index in [-0.39, 0.29) is 0 Å². The normalized spacial score (nSPS) is 12.8. The van der Waals surface area contributed by atoms with Crippen LogP contribution in [0.1, 0.15) is 29.4 Å². The minimum absolute atomic E-state index is 0.458. The summed E-state index contributed by atoms with van der Waals surface area (Å²) < 4.78 is 5.28. The fraction of sp³-hybridized carbons (Fsp3) is 0.375. The first kappa shape index (κ1) is 15.1. The fourth-order valence-corrected chi connectivity index (χ4v) is 2.27. The molecule has 0 bridgehead atoms. The number of hydrogen-bond donors (Lipinski definition) is 1. The van der Waals surface area contributed by atoms with Crippen molar-refractivity contribution < 1.29 is 9.52 Å². The molecule has 1 aromatic heterocycles. The third-order valence-electron chi connectivity index (χ3n) is 3.45. The molecule has 0 saturated heterocycles. The van der Waals surface area contributed by atoms with Gasteiger partial charge in [0, 0.05) is 23.7 Å². The number of halogens is 1. The largest absolute Gasteiger partial charge is 0.469 e. The lowest BCUT2D eigenvalue weighted by molar-refractivity contribution is 0.147. The van der Waals surface area contributed by atoms with Gasteiger partial charge >= 0.3 is 0 Å². The van der Waals surface area contributed by atoms with Gasteiger partial charge in [0.1, 0.15) is 5.76 Å². The zero-order valence-electron chi connectivity index (χ0n) is 11.8. The summed E-state index contributed by atoms with van der Waals surface area (Å²) in [4.78, 5) is 2.18. The fourth-order valence-electron chi connectivity index (χ4n) is 2.14. The number of hydrogen-bond acceptors (Lipinski definition) is 3. The number of nitrogens with zero attached hydrogens (tertiary/aromatic N) is 1. The Kier molecular flexibility index (Phi) is 5.24. The Labute approximate surface area is 124 Å². The molecule has 0 spiro atoms. The van der Waals surface area contributed by atoms with Crippen molar-refractivity contribution in [2.45, 2.75) is 26.0 Å². The lowest BCUT2D eigenvalue weighted by Crippen LogP contribution is -2.21. The van der Waals surface area contributed by atoms with Crippen LogP contribution in [0.25, 0.3) is 0 Å².